The first-order chi connectivity index (χ1) is 9.24. The van der Waals surface area contributed by atoms with Crippen molar-refractivity contribution in [2.75, 3.05) is 0 Å². The molecule has 0 bridgehead atoms. The molecule has 0 aromatic heterocycles. The van der Waals surface area contributed by atoms with Gasteiger partial charge >= 0.3 is 0 Å². The summed E-state index contributed by atoms with van der Waals surface area (Å²) < 4.78 is 12.8. The Morgan fingerprint density at radius 2 is 1.58 bits per heavy atom. The van der Waals surface area contributed by atoms with Crippen LogP contribution in [0.15, 0.2) is 54.6 Å². The molecule has 1 unspecified atom stereocenters. The molecule has 1 atom stereocenters. The van der Waals surface area contributed by atoms with Gasteiger partial charge in [-0.25, -0.2) is 4.39 Å². The molecule has 2 aromatic carbocycles. The van der Waals surface area contributed by atoms with Gasteiger partial charge in [0.2, 0.25) is 0 Å². The van der Waals surface area contributed by atoms with E-state index in [0.29, 0.717) is 0 Å². The molecule has 0 aliphatic carbocycles. The van der Waals surface area contributed by atoms with E-state index >= 15 is 0 Å². The standard InChI is InChI=1S/C17H20FN/c18-16-11-9-15(10-12-16)13-17(19)8-4-7-14-5-2-1-3-6-14/h1-3,5-6,9-12,17H,4,7-8,13,19H2. The molecule has 0 saturated heterocycles. The van der Waals surface area contributed by atoms with Crippen LogP contribution in [0.5, 0.6) is 0 Å². The Morgan fingerprint density at radius 1 is 0.895 bits per heavy atom. The van der Waals surface area contributed by atoms with Gasteiger partial charge in [-0.2, -0.15) is 0 Å². The second-order valence-electron chi connectivity index (χ2n) is 4.97. The Bertz CT molecular complexity index is 478. The van der Waals surface area contributed by atoms with Crippen LogP contribution in [0.1, 0.15) is 24.0 Å². The van der Waals surface area contributed by atoms with Crippen LogP contribution >= 0.6 is 0 Å². The first-order valence-corrected chi connectivity index (χ1v) is 6.78. The summed E-state index contributed by atoms with van der Waals surface area (Å²) in [7, 11) is 0. The minimum absolute atomic E-state index is 0.147. The van der Waals surface area contributed by atoms with Crippen LogP contribution in [0.25, 0.3) is 0 Å². The van der Waals surface area contributed by atoms with Gasteiger partial charge in [0.25, 0.3) is 0 Å². The van der Waals surface area contributed by atoms with Crippen molar-refractivity contribution >= 4 is 0 Å². The average molecular weight is 257 g/mol. The molecule has 100 valence electrons. The Morgan fingerprint density at radius 3 is 2.26 bits per heavy atom. The van der Waals surface area contributed by atoms with Crippen molar-refractivity contribution in [3.8, 4) is 0 Å². The van der Waals surface area contributed by atoms with Crippen LogP contribution in [0.2, 0.25) is 0 Å². The minimum Gasteiger partial charge on any atom is -0.327 e. The summed E-state index contributed by atoms with van der Waals surface area (Å²) in [6.07, 6.45) is 3.96. The molecule has 0 fully saturated rings. The molecule has 0 saturated carbocycles. The third kappa shape index (κ3) is 4.84. The summed E-state index contributed by atoms with van der Waals surface area (Å²) in [6, 6.07) is 17.2. The first kappa shape index (κ1) is 13.8. The van der Waals surface area contributed by atoms with E-state index in [0.717, 1.165) is 31.2 Å². The van der Waals surface area contributed by atoms with Crippen molar-refractivity contribution in [1.29, 1.82) is 0 Å². The molecule has 0 aliphatic heterocycles. The number of hydrogen-bond donors (Lipinski definition) is 1. The van der Waals surface area contributed by atoms with E-state index in [-0.39, 0.29) is 11.9 Å². The fraction of sp³-hybridized carbons (Fsp3) is 0.294. The molecule has 0 heterocycles. The van der Waals surface area contributed by atoms with E-state index in [1.54, 1.807) is 0 Å². The molecule has 2 heteroatoms. The highest BCUT2D eigenvalue weighted by Gasteiger charge is 2.04. The second kappa shape index (κ2) is 7.05. The van der Waals surface area contributed by atoms with Gasteiger partial charge in [0.15, 0.2) is 0 Å². The predicted molar refractivity (Wildman–Crippen MR) is 77.5 cm³/mol. The van der Waals surface area contributed by atoms with Gasteiger partial charge < -0.3 is 5.73 Å². The summed E-state index contributed by atoms with van der Waals surface area (Å²) in [5, 5.41) is 0. The Kier molecular flexibility index (Phi) is 5.10. The zero-order valence-electron chi connectivity index (χ0n) is 11.1. The number of nitrogens with two attached hydrogens (primary N) is 1. The number of benzene rings is 2. The van der Waals surface area contributed by atoms with Crippen LogP contribution in [0.4, 0.5) is 4.39 Å². The van der Waals surface area contributed by atoms with Crippen LogP contribution in [0.3, 0.4) is 0 Å². The second-order valence-corrected chi connectivity index (χ2v) is 4.97. The highest BCUT2D eigenvalue weighted by atomic mass is 19.1. The fourth-order valence-electron chi connectivity index (χ4n) is 2.24. The van der Waals surface area contributed by atoms with Gasteiger partial charge in [-0.15, -0.1) is 0 Å². The average Bonchev–Trinajstić information content (AvgIpc) is 2.43. The molecule has 2 aromatic rings. The number of hydrogen-bond acceptors (Lipinski definition) is 1. The zero-order chi connectivity index (χ0) is 13.5. The lowest BCUT2D eigenvalue weighted by molar-refractivity contribution is 0.578. The third-order valence-electron chi connectivity index (χ3n) is 3.29. The highest BCUT2D eigenvalue weighted by molar-refractivity contribution is 5.17. The van der Waals surface area contributed by atoms with Crippen LogP contribution < -0.4 is 5.73 Å². The van der Waals surface area contributed by atoms with E-state index < -0.39 is 0 Å². The number of halogens is 1. The van der Waals surface area contributed by atoms with E-state index in [1.807, 2.05) is 18.2 Å². The molecule has 0 radical (unpaired) electrons. The molecule has 0 amide bonds. The molecule has 19 heavy (non-hydrogen) atoms. The quantitative estimate of drug-likeness (QED) is 0.838. The van der Waals surface area contributed by atoms with Crippen molar-refractivity contribution in [2.45, 2.75) is 31.7 Å². The fourth-order valence-corrected chi connectivity index (χ4v) is 2.24. The van der Waals surface area contributed by atoms with Crippen LogP contribution in [0, 0.1) is 5.82 Å². The van der Waals surface area contributed by atoms with Gasteiger partial charge in [-0.3, -0.25) is 0 Å². The Hall–Kier alpha value is -1.67. The summed E-state index contributed by atoms with van der Waals surface area (Å²) in [4.78, 5) is 0. The van der Waals surface area contributed by atoms with Gasteiger partial charge in [-0.1, -0.05) is 42.5 Å². The van der Waals surface area contributed by atoms with Crippen LogP contribution in [-0.4, -0.2) is 6.04 Å². The SMILES string of the molecule is NC(CCCc1ccccc1)Cc1ccc(F)cc1. The van der Waals surface area contributed by atoms with E-state index in [1.165, 1.54) is 17.7 Å². The maximum absolute atomic E-state index is 12.8. The maximum Gasteiger partial charge on any atom is 0.123 e. The Labute approximate surface area is 114 Å². The summed E-state index contributed by atoms with van der Waals surface area (Å²) in [5.41, 5.74) is 8.58. The highest BCUT2D eigenvalue weighted by Crippen LogP contribution is 2.10. The maximum atomic E-state index is 12.8. The van der Waals surface area contributed by atoms with E-state index in [2.05, 4.69) is 24.3 Å². The van der Waals surface area contributed by atoms with Crippen molar-refractivity contribution in [2.24, 2.45) is 5.73 Å². The van der Waals surface area contributed by atoms with Gasteiger partial charge in [0.1, 0.15) is 5.82 Å². The summed E-state index contributed by atoms with van der Waals surface area (Å²) >= 11 is 0. The lowest BCUT2D eigenvalue weighted by Gasteiger charge is -2.11. The van der Waals surface area contributed by atoms with Gasteiger partial charge in [-0.05, 0) is 48.9 Å². The smallest absolute Gasteiger partial charge is 0.123 e. The van der Waals surface area contributed by atoms with Gasteiger partial charge in [0.05, 0.1) is 0 Å². The molecular weight excluding hydrogens is 237 g/mol. The van der Waals surface area contributed by atoms with Crippen LogP contribution in [-0.2, 0) is 12.8 Å². The third-order valence-corrected chi connectivity index (χ3v) is 3.29. The van der Waals surface area contributed by atoms with E-state index in [9.17, 15) is 4.39 Å². The number of rotatable bonds is 6. The lowest BCUT2D eigenvalue weighted by atomic mass is 10.00. The van der Waals surface area contributed by atoms with Crippen molar-refractivity contribution in [3.05, 3.63) is 71.5 Å². The first-order valence-electron chi connectivity index (χ1n) is 6.78. The molecule has 2 rings (SSSR count). The minimum atomic E-state index is -0.193. The summed E-state index contributed by atoms with van der Waals surface area (Å²) in [5.74, 6) is -0.193. The molecule has 1 nitrogen and oxygen atoms in total. The van der Waals surface area contributed by atoms with E-state index in [4.69, 9.17) is 5.73 Å². The molecule has 2 N–H and O–H groups in total. The zero-order valence-corrected chi connectivity index (χ0v) is 11.1. The van der Waals surface area contributed by atoms with Gasteiger partial charge in [0, 0.05) is 6.04 Å². The lowest BCUT2D eigenvalue weighted by Crippen LogP contribution is -2.22. The normalized spacial score (nSPS) is 12.3. The molecular formula is C17H20FN. The number of aryl methyl sites for hydroxylation is 1. The monoisotopic (exact) mass is 257 g/mol. The Balaban J connectivity index is 1.73. The summed E-state index contributed by atoms with van der Waals surface area (Å²) in [6.45, 7) is 0. The predicted octanol–water partition coefficient (Wildman–Crippen LogP) is 3.72. The largest absolute Gasteiger partial charge is 0.327 e. The van der Waals surface area contributed by atoms with Crippen molar-refractivity contribution in [3.63, 3.8) is 0 Å². The van der Waals surface area contributed by atoms with Crippen molar-refractivity contribution < 1.29 is 4.39 Å². The topological polar surface area (TPSA) is 26.0 Å². The van der Waals surface area contributed by atoms with Crippen molar-refractivity contribution in [1.82, 2.24) is 0 Å². The molecule has 0 aliphatic rings. The molecule has 0 spiro atoms.